The molecular formula is C20H24F2N6OS. The van der Waals surface area contributed by atoms with Crippen LogP contribution in [0.3, 0.4) is 0 Å². The zero-order valence-electron chi connectivity index (χ0n) is 16.9. The van der Waals surface area contributed by atoms with Crippen LogP contribution in [0, 0.1) is 0 Å². The second-order valence-corrected chi connectivity index (χ2v) is 9.44. The molecule has 10 heteroatoms. The minimum absolute atomic E-state index is 0.0956. The van der Waals surface area contributed by atoms with Crippen LogP contribution in [0.5, 0.6) is 0 Å². The standard InChI is InChI=1S/C20H24F2N6OS/c1-27(2)19-24-15(10-30-19)12-3-4-13(12)16-25-17-14(18(29)26-16)9-23-28(17)11-5-7-20(21,22)8-6-11/h9-13H,3-8H2,1-2H3,(H,25,26,29)/t12-,13+/m1/s1. The quantitative estimate of drug-likeness (QED) is 0.670. The third-order valence-electron chi connectivity index (χ3n) is 6.41. The number of alkyl halides is 2. The summed E-state index contributed by atoms with van der Waals surface area (Å²) in [4.78, 5) is 27.1. The van der Waals surface area contributed by atoms with E-state index in [-0.39, 0.29) is 36.3 Å². The molecule has 0 unspecified atom stereocenters. The van der Waals surface area contributed by atoms with Crippen molar-refractivity contribution in [2.24, 2.45) is 0 Å². The number of anilines is 1. The van der Waals surface area contributed by atoms with Crippen LogP contribution in [-0.2, 0) is 0 Å². The van der Waals surface area contributed by atoms with Gasteiger partial charge in [0.1, 0.15) is 11.2 Å². The van der Waals surface area contributed by atoms with Crippen molar-refractivity contribution in [2.45, 2.75) is 62.3 Å². The molecule has 0 aromatic carbocycles. The fourth-order valence-corrected chi connectivity index (χ4v) is 5.32. The number of fused-ring (bicyclic) bond motifs is 1. The van der Waals surface area contributed by atoms with Crippen molar-refractivity contribution < 1.29 is 8.78 Å². The summed E-state index contributed by atoms with van der Waals surface area (Å²) in [5.41, 5.74) is 1.31. The number of thiazole rings is 1. The molecule has 0 saturated heterocycles. The zero-order chi connectivity index (χ0) is 21.0. The van der Waals surface area contributed by atoms with E-state index in [1.54, 1.807) is 16.0 Å². The van der Waals surface area contributed by atoms with Gasteiger partial charge in [0.2, 0.25) is 5.92 Å². The Kier molecular flexibility index (Phi) is 4.64. The molecule has 2 atom stereocenters. The number of H-pyrrole nitrogens is 1. The predicted octanol–water partition coefficient (Wildman–Crippen LogP) is 4.05. The molecule has 3 aromatic rings. The van der Waals surface area contributed by atoms with Crippen molar-refractivity contribution in [1.29, 1.82) is 0 Å². The summed E-state index contributed by atoms with van der Waals surface area (Å²) in [6.07, 6.45) is 3.80. The highest BCUT2D eigenvalue weighted by molar-refractivity contribution is 7.13. The van der Waals surface area contributed by atoms with E-state index in [4.69, 9.17) is 9.97 Å². The largest absolute Gasteiger partial charge is 0.354 e. The molecule has 0 radical (unpaired) electrons. The summed E-state index contributed by atoms with van der Waals surface area (Å²) >= 11 is 1.61. The monoisotopic (exact) mass is 434 g/mol. The summed E-state index contributed by atoms with van der Waals surface area (Å²) < 4.78 is 28.8. The van der Waals surface area contributed by atoms with Gasteiger partial charge < -0.3 is 9.88 Å². The van der Waals surface area contributed by atoms with Crippen LogP contribution in [0.15, 0.2) is 16.4 Å². The molecule has 2 fully saturated rings. The molecule has 160 valence electrons. The van der Waals surface area contributed by atoms with E-state index in [0.717, 1.165) is 23.7 Å². The normalized spacial score (nSPS) is 24.1. The first kappa shape index (κ1) is 19.6. The summed E-state index contributed by atoms with van der Waals surface area (Å²) in [6.45, 7) is 0. The molecule has 2 saturated carbocycles. The van der Waals surface area contributed by atoms with Crippen molar-refractivity contribution in [2.75, 3.05) is 19.0 Å². The zero-order valence-corrected chi connectivity index (χ0v) is 17.8. The van der Waals surface area contributed by atoms with Gasteiger partial charge in [-0.1, -0.05) is 0 Å². The smallest absolute Gasteiger partial charge is 0.262 e. The SMILES string of the molecule is CN(C)c1nc([C@@H]2CC[C@@H]2c2nc3c(cnn3C3CCC(F)(F)CC3)c(=O)[nH]2)cs1. The average molecular weight is 435 g/mol. The molecule has 2 aliphatic carbocycles. The number of halogens is 2. The topological polar surface area (TPSA) is 79.7 Å². The Morgan fingerprint density at radius 2 is 1.90 bits per heavy atom. The minimum Gasteiger partial charge on any atom is -0.354 e. The van der Waals surface area contributed by atoms with Gasteiger partial charge in [-0.25, -0.2) is 23.4 Å². The number of nitrogens with one attached hydrogen (secondary N) is 1. The maximum atomic E-state index is 13.6. The van der Waals surface area contributed by atoms with Gasteiger partial charge in [0.05, 0.1) is 17.9 Å². The van der Waals surface area contributed by atoms with Gasteiger partial charge in [0.25, 0.3) is 5.56 Å². The van der Waals surface area contributed by atoms with Gasteiger partial charge in [-0.05, 0) is 25.7 Å². The number of nitrogens with zero attached hydrogens (tertiary/aromatic N) is 5. The van der Waals surface area contributed by atoms with Gasteiger partial charge in [-0.3, -0.25) is 4.79 Å². The van der Waals surface area contributed by atoms with Crippen LogP contribution in [0.25, 0.3) is 11.0 Å². The fraction of sp³-hybridized carbons (Fsp3) is 0.600. The average Bonchev–Trinajstić information content (AvgIpc) is 3.29. The molecule has 1 N–H and O–H groups in total. The number of rotatable bonds is 4. The number of aromatic nitrogens is 5. The van der Waals surface area contributed by atoms with Crippen molar-refractivity contribution in [3.05, 3.63) is 33.4 Å². The first-order valence-electron chi connectivity index (χ1n) is 10.3. The molecule has 0 amide bonds. The Labute approximate surface area is 176 Å². The van der Waals surface area contributed by atoms with E-state index in [9.17, 15) is 13.6 Å². The Bertz CT molecular complexity index is 1130. The second-order valence-electron chi connectivity index (χ2n) is 8.60. The van der Waals surface area contributed by atoms with Crippen LogP contribution in [0.1, 0.15) is 67.9 Å². The molecular weight excluding hydrogens is 410 g/mol. The Hall–Kier alpha value is -2.36. The maximum absolute atomic E-state index is 13.6. The molecule has 0 spiro atoms. The molecule has 0 bridgehead atoms. The Balaban J connectivity index is 1.46. The summed E-state index contributed by atoms with van der Waals surface area (Å²) in [7, 11) is 3.94. The molecule has 30 heavy (non-hydrogen) atoms. The van der Waals surface area contributed by atoms with E-state index < -0.39 is 5.92 Å². The lowest BCUT2D eigenvalue weighted by atomic mass is 9.71. The number of hydrogen-bond donors (Lipinski definition) is 1. The second kappa shape index (κ2) is 7.11. The van der Waals surface area contributed by atoms with Crippen LogP contribution in [0.4, 0.5) is 13.9 Å². The van der Waals surface area contributed by atoms with E-state index in [1.165, 1.54) is 6.20 Å². The van der Waals surface area contributed by atoms with Crippen molar-refractivity contribution in [3.8, 4) is 0 Å². The first-order chi connectivity index (χ1) is 14.3. The van der Waals surface area contributed by atoms with Gasteiger partial charge in [-0.15, -0.1) is 11.3 Å². The molecule has 2 aliphatic rings. The maximum Gasteiger partial charge on any atom is 0.262 e. The lowest BCUT2D eigenvalue weighted by Gasteiger charge is -2.34. The molecule has 5 rings (SSSR count). The molecule has 7 nitrogen and oxygen atoms in total. The fourth-order valence-electron chi connectivity index (χ4n) is 4.50. The molecule has 3 aromatic heterocycles. The van der Waals surface area contributed by atoms with Crippen molar-refractivity contribution in [3.63, 3.8) is 0 Å². The highest BCUT2D eigenvalue weighted by Gasteiger charge is 2.39. The lowest BCUT2D eigenvalue weighted by molar-refractivity contribution is -0.0446. The van der Waals surface area contributed by atoms with Gasteiger partial charge in [0, 0.05) is 44.2 Å². The van der Waals surface area contributed by atoms with Gasteiger partial charge in [0.15, 0.2) is 10.8 Å². The van der Waals surface area contributed by atoms with E-state index in [0.29, 0.717) is 29.7 Å². The first-order valence-corrected chi connectivity index (χ1v) is 11.2. The number of hydrogen-bond acceptors (Lipinski definition) is 6. The van der Waals surface area contributed by atoms with Crippen molar-refractivity contribution >= 4 is 27.5 Å². The van der Waals surface area contributed by atoms with Crippen LogP contribution >= 0.6 is 11.3 Å². The summed E-state index contributed by atoms with van der Waals surface area (Å²) in [5, 5.41) is 7.79. The minimum atomic E-state index is -2.60. The number of aromatic amines is 1. The highest BCUT2D eigenvalue weighted by atomic mass is 32.1. The van der Waals surface area contributed by atoms with Crippen LogP contribution in [-0.4, -0.2) is 44.8 Å². The lowest BCUT2D eigenvalue weighted by Crippen LogP contribution is -2.28. The molecule has 3 heterocycles. The van der Waals surface area contributed by atoms with Crippen LogP contribution in [0.2, 0.25) is 0 Å². The third kappa shape index (κ3) is 3.30. The van der Waals surface area contributed by atoms with E-state index in [1.807, 2.05) is 19.0 Å². The highest BCUT2D eigenvalue weighted by Crippen LogP contribution is 2.48. The van der Waals surface area contributed by atoms with Crippen LogP contribution < -0.4 is 10.5 Å². The van der Waals surface area contributed by atoms with Gasteiger partial charge in [-0.2, -0.15) is 5.10 Å². The summed E-state index contributed by atoms with van der Waals surface area (Å²) in [6, 6.07) is -0.150. The summed E-state index contributed by atoms with van der Waals surface area (Å²) in [5.74, 6) is -1.64. The third-order valence-corrected chi connectivity index (χ3v) is 7.44. The molecule has 0 aliphatic heterocycles. The van der Waals surface area contributed by atoms with E-state index >= 15 is 0 Å². The van der Waals surface area contributed by atoms with E-state index in [2.05, 4.69) is 15.5 Å². The van der Waals surface area contributed by atoms with Crippen molar-refractivity contribution in [1.82, 2.24) is 24.7 Å². The Morgan fingerprint density at radius 1 is 1.17 bits per heavy atom. The Morgan fingerprint density at radius 3 is 2.53 bits per heavy atom. The predicted molar refractivity (Wildman–Crippen MR) is 112 cm³/mol. The van der Waals surface area contributed by atoms with Gasteiger partial charge >= 0.3 is 0 Å².